The summed E-state index contributed by atoms with van der Waals surface area (Å²) in [5, 5.41) is 18.2. The molecule has 7 nitrogen and oxygen atoms in total. The van der Waals surface area contributed by atoms with Gasteiger partial charge in [0.15, 0.2) is 0 Å². The second kappa shape index (κ2) is 7.00. The molecule has 24 heavy (non-hydrogen) atoms. The molecule has 2 aromatic rings. The number of ether oxygens (including phenoxy) is 1. The van der Waals surface area contributed by atoms with Crippen LogP contribution in [0, 0.1) is 6.92 Å². The van der Waals surface area contributed by atoms with E-state index in [0.717, 1.165) is 11.3 Å². The van der Waals surface area contributed by atoms with Gasteiger partial charge in [-0.3, -0.25) is 4.79 Å². The number of hydrogen-bond donors (Lipinski definition) is 1. The molecule has 0 bridgehead atoms. The van der Waals surface area contributed by atoms with Gasteiger partial charge in [-0.05, 0) is 31.0 Å². The summed E-state index contributed by atoms with van der Waals surface area (Å²) in [5.74, 6) is 0.768. The monoisotopic (exact) mass is 330 g/mol. The largest absolute Gasteiger partial charge is 0.493 e. The number of β-amino-alcohol motifs (C(OH)–C–C–N with tert-alkyl or cyclic N) is 1. The Labute approximate surface area is 140 Å². The van der Waals surface area contributed by atoms with Crippen LogP contribution in [0.1, 0.15) is 18.4 Å². The molecule has 128 valence electrons. The molecule has 1 atom stereocenters. The van der Waals surface area contributed by atoms with Gasteiger partial charge in [-0.1, -0.05) is 17.3 Å². The third-order valence-corrected chi connectivity index (χ3v) is 4.19. The summed E-state index contributed by atoms with van der Waals surface area (Å²) in [7, 11) is 0. The molecule has 2 heterocycles. The molecule has 1 aromatic heterocycles. The van der Waals surface area contributed by atoms with E-state index in [-0.39, 0.29) is 5.91 Å². The highest BCUT2D eigenvalue weighted by atomic mass is 16.5. The highest BCUT2D eigenvalue weighted by Gasteiger charge is 2.38. The number of benzene rings is 1. The summed E-state index contributed by atoms with van der Waals surface area (Å²) >= 11 is 0. The molecule has 1 aliphatic rings. The Kier molecular flexibility index (Phi) is 4.80. The molecule has 1 aromatic carbocycles. The third kappa shape index (κ3) is 4.11. The Morgan fingerprint density at radius 3 is 3.08 bits per heavy atom. The van der Waals surface area contributed by atoms with E-state index in [0.29, 0.717) is 39.1 Å². The number of carbonyl (C=O) groups is 1. The zero-order chi connectivity index (χ0) is 17.0. The van der Waals surface area contributed by atoms with Crippen LogP contribution in [-0.4, -0.2) is 56.2 Å². The molecule has 1 aliphatic heterocycles. The fraction of sp³-hybridized carbons (Fsp3) is 0.471. The van der Waals surface area contributed by atoms with Crippen LogP contribution in [-0.2, 0) is 11.3 Å². The van der Waals surface area contributed by atoms with Crippen molar-refractivity contribution in [3.8, 4) is 5.75 Å². The molecule has 1 amide bonds. The van der Waals surface area contributed by atoms with E-state index in [1.807, 2.05) is 31.2 Å². The first-order valence-electron chi connectivity index (χ1n) is 8.08. The smallest absolute Gasteiger partial charge is 0.226 e. The fourth-order valence-corrected chi connectivity index (χ4v) is 2.94. The van der Waals surface area contributed by atoms with Gasteiger partial charge < -0.3 is 14.7 Å². The molecule has 0 radical (unpaired) electrons. The van der Waals surface area contributed by atoms with Crippen LogP contribution >= 0.6 is 0 Å². The molecular weight excluding hydrogens is 308 g/mol. The number of amides is 1. The van der Waals surface area contributed by atoms with Crippen LogP contribution < -0.4 is 4.74 Å². The van der Waals surface area contributed by atoms with Crippen molar-refractivity contribution in [1.82, 2.24) is 19.9 Å². The van der Waals surface area contributed by atoms with Crippen LogP contribution in [0.25, 0.3) is 0 Å². The molecule has 1 saturated heterocycles. The minimum Gasteiger partial charge on any atom is -0.493 e. The Morgan fingerprint density at radius 2 is 2.33 bits per heavy atom. The second-order valence-corrected chi connectivity index (χ2v) is 6.31. The number of rotatable bonds is 6. The lowest BCUT2D eigenvalue weighted by atomic mass is 10.0. The normalized spacial score (nSPS) is 20.3. The maximum Gasteiger partial charge on any atom is 0.226 e. The zero-order valence-electron chi connectivity index (χ0n) is 13.8. The number of likely N-dealkylation sites (tertiary alicyclic amines) is 1. The summed E-state index contributed by atoms with van der Waals surface area (Å²) in [6.45, 7) is 3.54. The number of aliphatic hydroxyl groups is 1. The lowest BCUT2D eigenvalue weighted by Crippen LogP contribution is -2.39. The quantitative estimate of drug-likeness (QED) is 0.855. The molecule has 1 fully saturated rings. The minimum absolute atomic E-state index is 0.00262. The maximum absolute atomic E-state index is 12.3. The Balaban J connectivity index is 1.46. The number of hydrogen-bond acceptors (Lipinski definition) is 5. The van der Waals surface area contributed by atoms with Crippen LogP contribution in [0.2, 0.25) is 0 Å². The average molecular weight is 330 g/mol. The summed E-state index contributed by atoms with van der Waals surface area (Å²) in [6.07, 6.45) is 4.12. The number of carbonyl (C=O) groups excluding carboxylic acids is 1. The minimum atomic E-state index is -0.944. The third-order valence-electron chi connectivity index (χ3n) is 4.19. The Hall–Kier alpha value is -2.41. The highest BCUT2D eigenvalue weighted by molar-refractivity contribution is 5.76. The predicted molar refractivity (Wildman–Crippen MR) is 87.5 cm³/mol. The van der Waals surface area contributed by atoms with Crippen molar-refractivity contribution in [3.05, 3.63) is 42.2 Å². The first-order chi connectivity index (χ1) is 11.5. The average Bonchev–Trinajstić information content (AvgIpc) is 3.17. The van der Waals surface area contributed by atoms with E-state index < -0.39 is 5.60 Å². The van der Waals surface area contributed by atoms with E-state index >= 15 is 0 Å². The van der Waals surface area contributed by atoms with Crippen LogP contribution in [0.15, 0.2) is 36.7 Å². The van der Waals surface area contributed by atoms with E-state index in [4.69, 9.17) is 4.74 Å². The van der Waals surface area contributed by atoms with Gasteiger partial charge in [0.25, 0.3) is 0 Å². The van der Waals surface area contributed by atoms with Crippen molar-refractivity contribution >= 4 is 5.91 Å². The summed E-state index contributed by atoms with van der Waals surface area (Å²) < 4.78 is 7.21. The van der Waals surface area contributed by atoms with Crippen LogP contribution in [0.3, 0.4) is 0 Å². The summed E-state index contributed by atoms with van der Waals surface area (Å²) in [6, 6.07) is 7.75. The lowest BCUT2D eigenvalue weighted by molar-refractivity contribution is -0.131. The van der Waals surface area contributed by atoms with Crippen LogP contribution in [0.4, 0.5) is 0 Å². The Morgan fingerprint density at radius 1 is 1.46 bits per heavy atom. The lowest BCUT2D eigenvalue weighted by Gasteiger charge is -2.23. The molecule has 3 rings (SSSR count). The molecule has 0 saturated carbocycles. The van der Waals surface area contributed by atoms with E-state index in [9.17, 15) is 9.90 Å². The number of nitrogens with zero attached hydrogens (tertiary/aromatic N) is 4. The summed E-state index contributed by atoms with van der Waals surface area (Å²) in [4.78, 5) is 14.0. The first kappa shape index (κ1) is 16.4. The number of aromatic nitrogens is 3. The van der Waals surface area contributed by atoms with Gasteiger partial charge in [-0.25, -0.2) is 4.68 Å². The molecule has 1 unspecified atom stereocenters. The molecule has 0 aliphatic carbocycles. The van der Waals surface area contributed by atoms with E-state index in [1.165, 1.54) is 0 Å². The molecule has 1 N–H and O–H groups in total. The molecule has 0 spiro atoms. The molecule has 7 heteroatoms. The van der Waals surface area contributed by atoms with Crippen molar-refractivity contribution in [3.63, 3.8) is 0 Å². The maximum atomic E-state index is 12.3. The molecular formula is C17H22N4O3. The Bertz CT molecular complexity index is 689. The van der Waals surface area contributed by atoms with E-state index in [1.54, 1.807) is 22.0 Å². The van der Waals surface area contributed by atoms with Crippen LogP contribution in [0.5, 0.6) is 5.75 Å². The van der Waals surface area contributed by atoms with Gasteiger partial charge in [0.2, 0.25) is 5.91 Å². The van der Waals surface area contributed by atoms with Crippen molar-refractivity contribution in [2.75, 3.05) is 19.7 Å². The van der Waals surface area contributed by atoms with Gasteiger partial charge in [0.05, 0.1) is 32.3 Å². The summed E-state index contributed by atoms with van der Waals surface area (Å²) in [5.41, 5.74) is 0.178. The first-order valence-corrected chi connectivity index (χ1v) is 8.08. The van der Waals surface area contributed by atoms with Gasteiger partial charge in [0, 0.05) is 12.7 Å². The highest BCUT2D eigenvalue weighted by Crippen LogP contribution is 2.23. The second-order valence-electron chi connectivity index (χ2n) is 6.31. The predicted octanol–water partition coefficient (Wildman–Crippen LogP) is 1.02. The fourth-order valence-electron chi connectivity index (χ4n) is 2.94. The standard InChI is InChI=1S/C17H22N4O3/c1-14-3-2-4-15(11-14)24-10-5-16(22)20-8-6-17(23,12-20)13-21-9-7-18-19-21/h2-4,7,9,11,23H,5-6,8,10,12-13H2,1H3. The van der Waals surface area contributed by atoms with Gasteiger partial charge in [0.1, 0.15) is 11.4 Å². The van der Waals surface area contributed by atoms with Gasteiger partial charge in [-0.2, -0.15) is 0 Å². The topological polar surface area (TPSA) is 80.5 Å². The van der Waals surface area contributed by atoms with Gasteiger partial charge >= 0.3 is 0 Å². The van der Waals surface area contributed by atoms with Crippen molar-refractivity contribution < 1.29 is 14.6 Å². The zero-order valence-corrected chi connectivity index (χ0v) is 13.8. The van der Waals surface area contributed by atoms with Crippen molar-refractivity contribution in [2.24, 2.45) is 0 Å². The van der Waals surface area contributed by atoms with Crippen molar-refractivity contribution in [1.29, 1.82) is 0 Å². The van der Waals surface area contributed by atoms with Gasteiger partial charge in [-0.15, -0.1) is 5.10 Å². The van der Waals surface area contributed by atoms with Crippen molar-refractivity contribution in [2.45, 2.75) is 31.9 Å². The SMILES string of the molecule is Cc1cccc(OCCC(=O)N2CCC(O)(Cn3ccnn3)C2)c1. The van der Waals surface area contributed by atoms with E-state index in [2.05, 4.69) is 10.3 Å². The number of aryl methyl sites for hydroxylation is 1.